The molecule has 13 heavy (non-hydrogen) atoms. The second kappa shape index (κ2) is 2.93. The van der Waals surface area contributed by atoms with E-state index in [0.717, 1.165) is 4.68 Å². The summed E-state index contributed by atoms with van der Waals surface area (Å²) >= 11 is 0. The Balaban J connectivity index is 3.34. The van der Waals surface area contributed by atoms with Crippen LogP contribution in [0.4, 0.5) is 19.0 Å². The van der Waals surface area contributed by atoms with Crippen molar-refractivity contribution in [2.45, 2.75) is 19.5 Å². The number of alkyl halides is 3. The molecule has 0 spiro atoms. The van der Waals surface area contributed by atoms with E-state index in [2.05, 4.69) is 5.10 Å². The molecule has 0 aliphatic rings. The first-order valence-electron chi connectivity index (χ1n) is 3.76. The highest BCUT2D eigenvalue weighted by Crippen LogP contribution is 2.33. The summed E-state index contributed by atoms with van der Waals surface area (Å²) in [5.74, 6) is -0.0441. The largest absolute Gasteiger partial charge is 0.433 e. The summed E-state index contributed by atoms with van der Waals surface area (Å²) in [6, 6.07) is 0. The highest BCUT2D eigenvalue weighted by molar-refractivity contribution is 5.43. The number of halogens is 3. The minimum absolute atomic E-state index is 0.0441. The van der Waals surface area contributed by atoms with Crippen LogP contribution in [0, 0.1) is 0 Å². The van der Waals surface area contributed by atoms with Gasteiger partial charge in [-0.3, -0.25) is 4.68 Å². The molecule has 1 rings (SSSR count). The molecule has 1 aromatic heterocycles. The predicted octanol–water partition coefficient (Wildman–Crippen LogP) is 1.58. The lowest BCUT2D eigenvalue weighted by molar-refractivity contribution is -0.144. The molecule has 0 saturated heterocycles. The lowest BCUT2D eigenvalue weighted by Gasteiger charge is -2.08. The Hall–Kier alpha value is -1.20. The normalized spacial score (nSPS) is 12.1. The van der Waals surface area contributed by atoms with E-state index >= 15 is 0 Å². The standard InChI is InChI=1S/C7H10F3N3/c1-3-4-5(7(8,9)10)13(2)12-6(4)11/h3H2,1-2H3,(H2,11,12). The third-order valence-corrected chi connectivity index (χ3v) is 1.80. The SMILES string of the molecule is CCc1c(N)nn(C)c1C(F)(F)F. The monoisotopic (exact) mass is 193 g/mol. The third kappa shape index (κ3) is 1.61. The molecule has 3 nitrogen and oxygen atoms in total. The maximum absolute atomic E-state index is 12.4. The van der Waals surface area contributed by atoms with E-state index < -0.39 is 11.9 Å². The van der Waals surface area contributed by atoms with Gasteiger partial charge in [0, 0.05) is 12.6 Å². The Labute approximate surface area is 73.3 Å². The zero-order chi connectivity index (χ0) is 10.2. The van der Waals surface area contributed by atoms with Gasteiger partial charge in [-0.2, -0.15) is 18.3 Å². The van der Waals surface area contributed by atoms with Gasteiger partial charge in [-0.05, 0) is 6.42 Å². The highest BCUT2D eigenvalue weighted by atomic mass is 19.4. The zero-order valence-corrected chi connectivity index (χ0v) is 7.31. The van der Waals surface area contributed by atoms with Crippen molar-refractivity contribution in [1.82, 2.24) is 9.78 Å². The fourth-order valence-corrected chi connectivity index (χ4v) is 1.29. The average molecular weight is 193 g/mol. The molecule has 0 amide bonds. The van der Waals surface area contributed by atoms with E-state index in [1.54, 1.807) is 6.92 Å². The van der Waals surface area contributed by atoms with Gasteiger partial charge in [0.05, 0.1) is 0 Å². The number of nitrogen functional groups attached to an aromatic ring is 1. The molecule has 1 aromatic rings. The van der Waals surface area contributed by atoms with E-state index in [1.165, 1.54) is 7.05 Å². The molecular formula is C7H10F3N3. The van der Waals surface area contributed by atoms with Crippen molar-refractivity contribution in [3.05, 3.63) is 11.3 Å². The number of nitrogens with two attached hydrogens (primary N) is 1. The second-order valence-corrected chi connectivity index (χ2v) is 2.69. The summed E-state index contributed by atoms with van der Waals surface area (Å²) in [7, 11) is 1.23. The zero-order valence-electron chi connectivity index (χ0n) is 7.31. The van der Waals surface area contributed by atoms with E-state index in [4.69, 9.17) is 5.73 Å². The van der Waals surface area contributed by atoms with Gasteiger partial charge in [0.2, 0.25) is 0 Å². The summed E-state index contributed by atoms with van der Waals surface area (Å²) in [6.45, 7) is 1.61. The Bertz CT molecular complexity index is 314. The number of hydrogen-bond acceptors (Lipinski definition) is 2. The van der Waals surface area contributed by atoms with Crippen molar-refractivity contribution in [2.75, 3.05) is 5.73 Å². The minimum Gasteiger partial charge on any atom is -0.382 e. The summed E-state index contributed by atoms with van der Waals surface area (Å²) in [5, 5.41) is 3.52. The molecule has 0 radical (unpaired) electrons. The van der Waals surface area contributed by atoms with Crippen molar-refractivity contribution in [1.29, 1.82) is 0 Å². The van der Waals surface area contributed by atoms with Gasteiger partial charge in [-0.15, -0.1) is 0 Å². The Morgan fingerprint density at radius 3 is 2.31 bits per heavy atom. The van der Waals surface area contributed by atoms with Crippen LogP contribution >= 0.6 is 0 Å². The molecule has 0 aromatic carbocycles. The van der Waals surface area contributed by atoms with E-state index in [9.17, 15) is 13.2 Å². The van der Waals surface area contributed by atoms with Crippen molar-refractivity contribution < 1.29 is 13.2 Å². The van der Waals surface area contributed by atoms with E-state index in [1.807, 2.05) is 0 Å². The van der Waals surface area contributed by atoms with Crippen LogP contribution in [0.25, 0.3) is 0 Å². The maximum Gasteiger partial charge on any atom is 0.433 e. The number of hydrogen-bond donors (Lipinski definition) is 1. The van der Waals surface area contributed by atoms with Crippen molar-refractivity contribution in [3.63, 3.8) is 0 Å². The predicted molar refractivity (Wildman–Crippen MR) is 42.0 cm³/mol. The van der Waals surface area contributed by atoms with Gasteiger partial charge in [0.15, 0.2) is 0 Å². The van der Waals surface area contributed by atoms with Crippen LogP contribution in [0.5, 0.6) is 0 Å². The molecule has 74 valence electrons. The summed E-state index contributed by atoms with van der Waals surface area (Å²) in [4.78, 5) is 0. The van der Waals surface area contributed by atoms with Gasteiger partial charge in [0.25, 0.3) is 0 Å². The molecular weight excluding hydrogens is 183 g/mol. The Morgan fingerprint density at radius 2 is 2.00 bits per heavy atom. The van der Waals surface area contributed by atoms with Crippen molar-refractivity contribution in [3.8, 4) is 0 Å². The summed E-state index contributed by atoms with van der Waals surface area (Å²) in [6.07, 6.45) is -4.15. The minimum atomic E-state index is -4.38. The maximum atomic E-state index is 12.4. The first-order chi connectivity index (χ1) is 5.88. The first kappa shape index (κ1) is 9.88. The van der Waals surface area contributed by atoms with Crippen LogP contribution in [0.3, 0.4) is 0 Å². The van der Waals surface area contributed by atoms with Crippen molar-refractivity contribution >= 4 is 5.82 Å². The average Bonchev–Trinajstić information content (AvgIpc) is 2.23. The van der Waals surface area contributed by atoms with Crippen LogP contribution in [-0.2, 0) is 19.6 Å². The number of nitrogens with zero attached hydrogens (tertiary/aromatic N) is 2. The Morgan fingerprint density at radius 1 is 1.46 bits per heavy atom. The first-order valence-corrected chi connectivity index (χ1v) is 3.76. The molecule has 0 aliphatic heterocycles. The molecule has 6 heteroatoms. The molecule has 0 fully saturated rings. The fraction of sp³-hybridized carbons (Fsp3) is 0.571. The van der Waals surface area contributed by atoms with Crippen LogP contribution in [-0.4, -0.2) is 9.78 Å². The lowest BCUT2D eigenvalue weighted by atomic mass is 10.2. The quantitative estimate of drug-likeness (QED) is 0.735. The van der Waals surface area contributed by atoms with E-state index in [0.29, 0.717) is 0 Å². The van der Waals surface area contributed by atoms with Gasteiger partial charge in [-0.25, -0.2) is 0 Å². The molecule has 0 aliphatic carbocycles. The van der Waals surface area contributed by atoms with Crippen LogP contribution in [0.1, 0.15) is 18.2 Å². The highest BCUT2D eigenvalue weighted by Gasteiger charge is 2.38. The number of aromatic nitrogens is 2. The van der Waals surface area contributed by atoms with Crippen molar-refractivity contribution in [2.24, 2.45) is 7.05 Å². The molecule has 0 saturated carbocycles. The molecule has 1 heterocycles. The van der Waals surface area contributed by atoms with Gasteiger partial charge in [0.1, 0.15) is 11.5 Å². The molecule has 0 atom stereocenters. The molecule has 2 N–H and O–H groups in total. The summed E-state index contributed by atoms with van der Waals surface area (Å²) < 4.78 is 38.0. The van der Waals surface area contributed by atoms with Crippen LogP contribution < -0.4 is 5.73 Å². The third-order valence-electron chi connectivity index (χ3n) is 1.80. The van der Waals surface area contributed by atoms with Gasteiger partial charge in [-0.1, -0.05) is 6.92 Å². The smallest absolute Gasteiger partial charge is 0.382 e. The number of rotatable bonds is 1. The molecule has 0 unspecified atom stereocenters. The van der Waals surface area contributed by atoms with Gasteiger partial charge < -0.3 is 5.73 Å². The van der Waals surface area contributed by atoms with Crippen LogP contribution in [0.2, 0.25) is 0 Å². The van der Waals surface area contributed by atoms with E-state index in [-0.39, 0.29) is 17.8 Å². The van der Waals surface area contributed by atoms with Gasteiger partial charge >= 0.3 is 6.18 Å². The van der Waals surface area contributed by atoms with Crippen LogP contribution in [0.15, 0.2) is 0 Å². The molecule has 0 bridgehead atoms. The Kier molecular flexibility index (Phi) is 2.23. The number of aryl methyl sites for hydroxylation is 1. The topological polar surface area (TPSA) is 43.8 Å². The number of anilines is 1. The second-order valence-electron chi connectivity index (χ2n) is 2.69. The summed E-state index contributed by atoms with van der Waals surface area (Å²) in [5.41, 5.74) is 4.63. The fourth-order valence-electron chi connectivity index (χ4n) is 1.29. The lowest BCUT2D eigenvalue weighted by Crippen LogP contribution is -2.13.